The van der Waals surface area contributed by atoms with Crippen LogP contribution in [-0.4, -0.2) is 22.5 Å². The largest absolute Gasteiger partial charge is 0.358 e. The van der Waals surface area contributed by atoms with Crippen molar-refractivity contribution in [2.45, 2.75) is 78.8 Å². The molecule has 1 nitrogen and oxygen atoms in total. The summed E-state index contributed by atoms with van der Waals surface area (Å²) in [5.41, 5.74) is 0.438. The van der Waals surface area contributed by atoms with E-state index in [-0.39, 0.29) is 37.1 Å². The second-order valence-corrected chi connectivity index (χ2v) is 6.78. The first-order chi connectivity index (χ1) is 7.07. The molecule has 0 aromatic rings. The maximum atomic E-state index is 4.30. The molecule has 111 valence electrons. The van der Waals surface area contributed by atoms with Gasteiger partial charge in [-0.05, 0) is 33.7 Å². The van der Waals surface area contributed by atoms with E-state index in [1.807, 2.05) is 0 Å². The summed E-state index contributed by atoms with van der Waals surface area (Å²) in [6, 6.07) is 0. The quantitative estimate of drug-likeness (QED) is 0.572. The summed E-state index contributed by atoms with van der Waals surface area (Å²) in [5, 5.41) is 0. The molecular formula is C16H34NV-3. The minimum absolute atomic E-state index is 0. The van der Waals surface area contributed by atoms with E-state index in [4.69, 9.17) is 0 Å². The van der Waals surface area contributed by atoms with E-state index in [0.717, 1.165) is 0 Å². The van der Waals surface area contributed by atoms with Crippen LogP contribution in [0.5, 0.6) is 0 Å². The third kappa shape index (κ3) is 9.47. The van der Waals surface area contributed by atoms with Crippen molar-refractivity contribution in [1.82, 2.24) is 4.90 Å². The summed E-state index contributed by atoms with van der Waals surface area (Å²) in [6.45, 7) is 20.9. The standard InChI is InChI=1S/C11H22N.C4H9.CH3.V/c1-10(2,3)12-9-7-6-8-11(12,4)5;1-4(2)3;;/h4,6-9H2,1-3,5H3;1-3H3;1H3;/q3*-1;. The Morgan fingerprint density at radius 3 is 1.72 bits per heavy atom. The van der Waals surface area contributed by atoms with Crippen LogP contribution in [0.2, 0.25) is 0 Å². The van der Waals surface area contributed by atoms with Crippen molar-refractivity contribution >= 4 is 0 Å². The van der Waals surface area contributed by atoms with Gasteiger partial charge >= 0.3 is 0 Å². The molecule has 1 unspecified atom stereocenters. The number of hydrogen-bond acceptors (Lipinski definition) is 1. The van der Waals surface area contributed by atoms with E-state index in [0.29, 0.717) is 0 Å². The van der Waals surface area contributed by atoms with Crippen LogP contribution in [0.1, 0.15) is 67.7 Å². The summed E-state index contributed by atoms with van der Waals surface area (Å²) in [6.07, 6.45) is 3.92. The van der Waals surface area contributed by atoms with Gasteiger partial charge in [0.05, 0.1) is 0 Å². The first-order valence-electron chi connectivity index (χ1n) is 6.47. The average molecular weight is 291 g/mol. The van der Waals surface area contributed by atoms with Crippen LogP contribution >= 0.6 is 0 Å². The minimum Gasteiger partial charge on any atom is -0.358 e. The summed E-state index contributed by atoms with van der Waals surface area (Å²) >= 11 is 0. The number of rotatable bonds is 0. The Morgan fingerprint density at radius 1 is 1.11 bits per heavy atom. The fraction of sp³-hybridized carbons (Fsp3) is 0.812. The SMILES string of the molecule is C[C-](C)C.[CH2-]C1(C)CCCCN1C(C)(C)C.[CH3-].[V]. The summed E-state index contributed by atoms with van der Waals surface area (Å²) in [5.74, 6) is 1.42. The summed E-state index contributed by atoms with van der Waals surface area (Å²) in [7, 11) is 0. The summed E-state index contributed by atoms with van der Waals surface area (Å²) < 4.78 is 0. The number of nitrogens with zero attached hydrogens (tertiary/aromatic N) is 1. The summed E-state index contributed by atoms with van der Waals surface area (Å²) in [4.78, 5) is 2.53. The smallest absolute Gasteiger partial charge is 0.0102 e. The van der Waals surface area contributed by atoms with Gasteiger partial charge in [0, 0.05) is 24.1 Å². The molecule has 1 aliphatic rings. The van der Waals surface area contributed by atoms with Crippen molar-refractivity contribution in [2.24, 2.45) is 0 Å². The maximum Gasteiger partial charge on any atom is 0.0102 e. The Morgan fingerprint density at radius 2 is 1.50 bits per heavy atom. The van der Waals surface area contributed by atoms with Crippen LogP contribution in [0, 0.1) is 20.3 Å². The van der Waals surface area contributed by atoms with E-state index in [9.17, 15) is 0 Å². The topological polar surface area (TPSA) is 3.24 Å². The van der Waals surface area contributed by atoms with E-state index in [2.05, 4.69) is 60.3 Å². The maximum absolute atomic E-state index is 4.30. The molecule has 1 radical (unpaired) electrons. The molecule has 0 aromatic heterocycles. The molecule has 0 aliphatic carbocycles. The fourth-order valence-corrected chi connectivity index (χ4v) is 2.33. The molecule has 1 saturated heterocycles. The molecule has 1 aliphatic heterocycles. The van der Waals surface area contributed by atoms with Gasteiger partial charge in [0.1, 0.15) is 0 Å². The first-order valence-corrected chi connectivity index (χ1v) is 6.47. The van der Waals surface area contributed by atoms with Crippen LogP contribution in [-0.2, 0) is 18.6 Å². The van der Waals surface area contributed by atoms with Crippen LogP contribution in [0.3, 0.4) is 0 Å². The van der Waals surface area contributed by atoms with Gasteiger partial charge in [-0.1, -0.05) is 19.8 Å². The molecule has 0 amide bonds. The molecule has 0 N–H and O–H groups in total. The van der Waals surface area contributed by atoms with E-state index < -0.39 is 0 Å². The molecule has 1 heterocycles. The van der Waals surface area contributed by atoms with Crippen LogP contribution in [0.4, 0.5) is 0 Å². The van der Waals surface area contributed by atoms with E-state index >= 15 is 0 Å². The third-order valence-corrected chi connectivity index (χ3v) is 2.81. The first kappa shape index (κ1) is 23.6. The molecule has 0 bridgehead atoms. The number of likely N-dealkylation sites (tertiary alicyclic amines) is 1. The van der Waals surface area contributed by atoms with Crippen molar-refractivity contribution in [3.63, 3.8) is 0 Å². The minimum atomic E-state index is 0. The third-order valence-electron chi connectivity index (χ3n) is 2.81. The van der Waals surface area contributed by atoms with Crippen LogP contribution < -0.4 is 0 Å². The monoisotopic (exact) mass is 291 g/mol. The van der Waals surface area contributed by atoms with Crippen molar-refractivity contribution in [2.75, 3.05) is 6.54 Å². The molecule has 0 saturated carbocycles. The molecule has 2 heteroatoms. The average Bonchev–Trinajstić information content (AvgIpc) is 1.99. The molecule has 1 rings (SSSR count). The molecular weight excluding hydrogens is 257 g/mol. The van der Waals surface area contributed by atoms with Crippen molar-refractivity contribution in [3.05, 3.63) is 20.3 Å². The Bertz CT molecular complexity index is 189. The predicted molar refractivity (Wildman–Crippen MR) is 80.8 cm³/mol. The van der Waals surface area contributed by atoms with Crippen LogP contribution in [0.15, 0.2) is 0 Å². The Labute approximate surface area is 129 Å². The van der Waals surface area contributed by atoms with Gasteiger partial charge in [-0.3, -0.25) is 0 Å². The normalized spacial score (nSPS) is 24.5. The van der Waals surface area contributed by atoms with Gasteiger partial charge in [0.25, 0.3) is 0 Å². The zero-order chi connectivity index (χ0) is 13.0. The molecule has 18 heavy (non-hydrogen) atoms. The zero-order valence-electron chi connectivity index (χ0n) is 13.9. The zero-order valence-corrected chi connectivity index (χ0v) is 15.3. The molecule has 1 fully saturated rings. The molecule has 0 spiro atoms. The molecule has 1 atom stereocenters. The fourth-order valence-electron chi connectivity index (χ4n) is 2.33. The number of piperidine rings is 1. The van der Waals surface area contributed by atoms with Gasteiger partial charge in [-0.25, -0.2) is 0 Å². The predicted octanol–water partition coefficient (Wildman–Crippen LogP) is 4.93. The second kappa shape index (κ2) is 9.45. The molecule has 0 aromatic carbocycles. The van der Waals surface area contributed by atoms with Crippen molar-refractivity contribution in [3.8, 4) is 0 Å². The second-order valence-electron chi connectivity index (χ2n) is 6.78. The van der Waals surface area contributed by atoms with Gasteiger partial charge < -0.3 is 25.2 Å². The van der Waals surface area contributed by atoms with E-state index in [1.54, 1.807) is 0 Å². The van der Waals surface area contributed by atoms with Gasteiger partial charge in [0.2, 0.25) is 0 Å². The van der Waals surface area contributed by atoms with Crippen LogP contribution in [0.25, 0.3) is 0 Å². The Kier molecular flexibility index (Phi) is 12.4. The van der Waals surface area contributed by atoms with Gasteiger partial charge in [0.15, 0.2) is 0 Å². The van der Waals surface area contributed by atoms with Crippen molar-refractivity contribution < 1.29 is 18.6 Å². The van der Waals surface area contributed by atoms with Gasteiger partial charge in [-0.15, -0.1) is 5.54 Å². The number of hydrogen-bond donors (Lipinski definition) is 0. The van der Waals surface area contributed by atoms with Crippen molar-refractivity contribution in [1.29, 1.82) is 0 Å². The Hall–Kier alpha value is 0.544. The Balaban J connectivity index is -0.000000332. The van der Waals surface area contributed by atoms with Gasteiger partial charge in [-0.2, -0.15) is 20.8 Å². The van der Waals surface area contributed by atoms with E-state index in [1.165, 1.54) is 31.7 Å².